The summed E-state index contributed by atoms with van der Waals surface area (Å²) in [6.45, 7) is 3.08. The molecule has 3 N–H and O–H groups in total. The number of hydrogen-bond donors (Lipinski definition) is 3. The van der Waals surface area contributed by atoms with Gasteiger partial charge in [0.15, 0.2) is 0 Å². The SMILES string of the molecule is CC(O)O.OC(C[N-]Cc1ccccn1)C[N-]Cc1ccccn1.[Cu+].[Cu+]. The van der Waals surface area contributed by atoms with Crippen LogP contribution in [0.25, 0.3) is 10.6 Å². The van der Waals surface area contributed by atoms with Crippen molar-refractivity contribution in [2.45, 2.75) is 32.4 Å². The van der Waals surface area contributed by atoms with E-state index in [1.165, 1.54) is 6.92 Å². The van der Waals surface area contributed by atoms with Crippen molar-refractivity contribution in [3.8, 4) is 0 Å². The number of pyridine rings is 2. The van der Waals surface area contributed by atoms with Crippen molar-refractivity contribution in [2.75, 3.05) is 13.1 Å². The zero-order chi connectivity index (χ0) is 17.6. The Hall–Kier alpha value is -0.861. The average Bonchev–Trinajstić information content (AvgIpc) is 2.56. The molecule has 0 saturated heterocycles. The molecule has 0 bridgehead atoms. The van der Waals surface area contributed by atoms with E-state index in [2.05, 4.69) is 20.6 Å². The Bertz CT molecular complexity index is 488. The van der Waals surface area contributed by atoms with Crippen molar-refractivity contribution < 1.29 is 49.5 Å². The standard InChI is InChI=1S/C15H18N4O.C2H6O2.2Cu/c20-15(11-16-9-13-5-1-3-7-18-13)12-17-10-14-6-2-4-8-19-14;1-2(3)4;;/h1-8,15,20H,9-12H2;2-4H,1H3;;/q-2;;2*+1. The van der Waals surface area contributed by atoms with Crippen LogP contribution in [0.1, 0.15) is 18.3 Å². The van der Waals surface area contributed by atoms with Gasteiger partial charge in [0.05, 0.1) is 0 Å². The van der Waals surface area contributed by atoms with Crippen LogP contribution in [0, 0.1) is 0 Å². The van der Waals surface area contributed by atoms with Gasteiger partial charge in [0.1, 0.15) is 6.29 Å². The summed E-state index contributed by atoms with van der Waals surface area (Å²) in [5, 5.41) is 33.6. The summed E-state index contributed by atoms with van der Waals surface area (Å²) in [7, 11) is 0. The molecule has 0 aromatic carbocycles. The number of rotatable bonds is 8. The molecule has 0 spiro atoms. The van der Waals surface area contributed by atoms with Gasteiger partial charge in [0.2, 0.25) is 0 Å². The smallest absolute Gasteiger partial charge is 0.655 e. The summed E-state index contributed by atoms with van der Waals surface area (Å²) in [6, 6.07) is 11.4. The van der Waals surface area contributed by atoms with Gasteiger partial charge in [-0.3, -0.25) is 9.97 Å². The Balaban J connectivity index is 0. The van der Waals surface area contributed by atoms with Crippen LogP contribution < -0.4 is 0 Å². The quantitative estimate of drug-likeness (QED) is 0.410. The minimum atomic E-state index is -1.17. The first kappa shape index (κ1) is 27.4. The number of aliphatic hydroxyl groups excluding tert-OH is 2. The second kappa shape index (κ2) is 17.5. The largest absolute Gasteiger partial charge is 1.00 e. The molecule has 152 valence electrons. The molecule has 0 radical (unpaired) electrons. The third-order valence-corrected chi connectivity index (χ3v) is 2.68. The van der Waals surface area contributed by atoms with E-state index >= 15 is 0 Å². The van der Waals surface area contributed by atoms with E-state index in [0.717, 1.165) is 11.4 Å². The van der Waals surface area contributed by atoms with Crippen LogP contribution in [0.5, 0.6) is 0 Å². The molecule has 0 unspecified atom stereocenters. The summed E-state index contributed by atoms with van der Waals surface area (Å²) in [5.74, 6) is 0. The van der Waals surface area contributed by atoms with Crippen molar-refractivity contribution in [3.63, 3.8) is 0 Å². The van der Waals surface area contributed by atoms with Crippen LogP contribution in [0.2, 0.25) is 0 Å². The van der Waals surface area contributed by atoms with Gasteiger partial charge >= 0.3 is 34.1 Å². The Morgan fingerprint density at radius 3 is 1.50 bits per heavy atom. The molecule has 0 saturated carbocycles. The molecular formula is C17H24Cu2N4O3. The Kier molecular flexibility index (Phi) is 18.5. The van der Waals surface area contributed by atoms with Crippen LogP contribution in [0.15, 0.2) is 48.8 Å². The Morgan fingerprint density at radius 1 is 0.808 bits per heavy atom. The summed E-state index contributed by atoms with van der Waals surface area (Å²) >= 11 is 0. The van der Waals surface area contributed by atoms with Crippen LogP contribution in [-0.2, 0) is 47.2 Å². The Morgan fingerprint density at radius 2 is 1.19 bits per heavy atom. The molecule has 0 fully saturated rings. The first-order chi connectivity index (χ1) is 11.6. The zero-order valence-corrected chi connectivity index (χ0v) is 16.2. The molecule has 0 aliphatic rings. The monoisotopic (exact) mass is 458 g/mol. The van der Waals surface area contributed by atoms with Gasteiger partial charge < -0.3 is 26.0 Å². The minimum Gasteiger partial charge on any atom is -0.655 e. The normalized spacial score (nSPS) is 9.77. The second-order valence-corrected chi connectivity index (χ2v) is 5.06. The van der Waals surface area contributed by atoms with Crippen LogP contribution in [-0.4, -0.2) is 50.8 Å². The summed E-state index contributed by atoms with van der Waals surface area (Å²) < 4.78 is 0. The molecule has 0 aliphatic heterocycles. The third kappa shape index (κ3) is 15.4. The molecule has 7 nitrogen and oxygen atoms in total. The van der Waals surface area contributed by atoms with Crippen LogP contribution in [0.3, 0.4) is 0 Å². The fourth-order valence-corrected chi connectivity index (χ4v) is 1.70. The maximum atomic E-state index is 9.78. The molecule has 2 heterocycles. The van der Waals surface area contributed by atoms with E-state index in [1.54, 1.807) is 12.4 Å². The van der Waals surface area contributed by atoms with Gasteiger partial charge in [-0.15, -0.1) is 26.2 Å². The molecule has 26 heavy (non-hydrogen) atoms. The van der Waals surface area contributed by atoms with E-state index in [-0.39, 0.29) is 34.1 Å². The topological polar surface area (TPSA) is 115 Å². The first-order valence-electron chi connectivity index (χ1n) is 7.68. The van der Waals surface area contributed by atoms with E-state index < -0.39 is 12.4 Å². The van der Waals surface area contributed by atoms with E-state index in [0.29, 0.717) is 26.2 Å². The number of hydrogen-bond acceptors (Lipinski definition) is 5. The van der Waals surface area contributed by atoms with E-state index in [9.17, 15) is 5.11 Å². The van der Waals surface area contributed by atoms with Crippen LogP contribution in [0.4, 0.5) is 0 Å². The number of aliphatic hydroxyl groups is 3. The van der Waals surface area contributed by atoms with Gasteiger partial charge in [-0.05, 0) is 31.2 Å². The van der Waals surface area contributed by atoms with Gasteiger partial charge in [0, 0.05) is 29.9 Å². The predicted octanol–water partition coefficient (Wildman–Crippen LogP) is 1.60. The van der Waals surface area contributed by atoms with Crippen molar-refractivity contribution in [2.24, 2.45) is 0 Å². The van der Waals surface area contributed by atoms with Crippen molar-refractivity contribution in [3.05, 3.63) is 70.8 Å². The van der Waals surface area contributed by atoms with E-state index in [4.69, 9.17) is 10.2 Å². The Labute approximate surface area is 175 Å². The van der Waals surface area contributed by atoms with Gasteiger partial charge in [-0.25, -0.2) is 0 Å². The van der Waals surface area contributed by atoms with Gasteiger partial charge in [0.25, 0.3) is 0 Å². The molecule has 2 rings (SSSR count). The van der Waals surface area contributed by atoms with Crippen molar-refractivity contribution in [1.82, 2.24) is 9.97 Å². The number of aromatic nitrogens is 2. The third-order valence-electron chi connectivity index (χ3n) is 2.68. The van der Waals surface area contributed by atoms with Crippen molar-refractivity contribution >= 4 is 0 Å². The molecule has 0 amide bonds. The summed E-state index contributed by atoms with van der Waals surface area (Å²) in [6.07, 6.45) is 1.77. The van der Waals surface area contributed by atoms with E-state index in [1.807, 2.05) is 36.4 Å². The average molecular weight is 459 g/mol. The predicted molar refractivity (Wildman–Crippen MR) is 92.2 cm³/mol. The summed E-state index contributed by atoms with van der Waals surface area (Å²) in [5.41, 5.74) is 1.82. The second-order valence-electron chi connectivity index (χ2n) is 5.06. The fraction of sp³-hybridized carbons (Fsp3) is 0.412. The summed E-state index contributed by atoms with van der Waals surface area (Å²) in [4.78, 5) is 8.34. The maximum Gasteiger partial charge on any atom is 1.00 e. The molecule has 0 aliphatic carbocycles. The van der Waals surface area contributed by atoms with Gasteiger partial charge in [-0.1, -0.05) is 12.1 Å². The molecule has 0 atom stereocenters. The molecule has 9 heteroatoms. The molecular weight excluding hydrogens is 435 g/mol. The number of nitrogens with zero attached hydrogens (tertiary/aromatic N) is 4. The zero-order valence-electron chi connectivity index (χ0n) is 14.3. The fourth-order valence-electron chi connectivity index (χ4n) is 1.70. The van der Waals surface area contributed by atoms with Gasteiger partial charge in [-0.2, -0.15) is 0 Å². The van der Waals surface area contributed by atoms with Crippen LogP contribution >= 0.6 is 0 Å². The molecule has 2 aromatic rings. The van der Waals surface area contributed by atoms with Crippen molar-refractivity contribution in [1.29, 1.82) is 0 Å². The minimum absolute atomic E-state index is 0. The molecule has 2 aromatic heterocycles. The first-order valence-corrected chi connectivity index (χ1v) is 7.68. The maximum absolute atomic E-state index is 9.78.